The number of aromatic nitrogens is 3. The Hall–Kier alpha value is -3.47. The minimum absolute atomic E-state index is 0.433. The number of rotatable bonds is 5. The third-order valence-corrected chi connectivity index (χ3v) is 4.45. The van der Waals surface area contributed by atoms with Gasteiger partial charge in [0.1, 0.15) is 29.3 Å². The summed E-state index contributed by atoms with van der Waals surface area (Å²) in [5.41, 5.74) is 4.59. The molecule has 0 saturated carbocycles. The molecule has 2 heterocycles. The van der Waals surface area contributed by atoms with Crippen LogP contribution in [0.3, 0.4) is 0 Å². The highest BCUT2D eigenvalue weighted by Gasteiger charge is 2.10. The number of hydrogen-bond donors (Lipinski definition) is 0. The van der Waals surface area contributed by atoms with Crippen molar-refractivity contribution < 1.29 is 9.47 Å². The molecule has 5 nitrogen and oxygen atoms in total. The topological polar surface area (TPSA) is 57.1 Å². The minimum atomic E-state index is 0.433. The predicted octanol–water partition coefficient (Wildman–Crippen LogP) is 4.90. The minimum Gasteiger partial charge on any atom is -0.497 e. The van der Waals surface area contributed by atoms with Gasteiger partial charge in [0.15, 0.2) is 5.82 Å². The summed E-state index contributed by atoms with van der Waals surface area (Å²) in [5.74, 6) is 2.17. The first-order valence-corrected chi connectivity index (χ1v) is 9.09. The van der Waals surface area contributed by atoms with Crippen molar-refractivity contribution in [3.8, 4) is 23.0 Å². The van der Waals surface area contributed by atoms with Gasteiger partial charge in [0.2, 0.25) is 0 Å². The molecule has 2 aromatic heterocycles. The van der Waals surface area contributed by atoms with E-state index in [1.165, 1.54) is 0 Å². The Morgan fingerprint density at radius 3 is 2.64 bits per heavy atom. The molecule has 4 rings (SSSR count). The van der Waals surface area contributed by atoms with Crippen LogP contribution < -0.4 is 9.47 Å². The van der Waals surface area contributed by atoms with Crippen LogP contribution in [0.4, 0.5) is 0 Å². The fraction of sp³-hybridized carbons (Fsp3) is 0.174. The molecule has 0 radical (unpaired) electrons. The van der Waals surface area contributed by atoms with Crippen molar-refractivity contribution in [3.05, 3.63) is 77.6 Å². The lowest BCUT2D eigenvalue weighted by molar-refractivity contribution is 0.308. The number of pyridine rings is 1. The third kappa shape index (κ3) is 3.78. The second-order valence-electron chi connectivity index (χ2n) is 6.69. The third-order valence-electron chi connectivity index (χ3n) is 4.45. The largest absolute Gasteiger partial charge is 0.497 e. The second-order valence-corrected chi connectivity index (χ2v) is 6.69. The standard InChI is InChI=1S/C23H21N3O2/c1-15-11-18-7-8-20(23-24-10-9-16(2)25-23)26-22(18)21(12-15)28-14-17-5-4-6-19(13-17)27-3/h4-13H,14H2,1-3H3. The summed E-state index contributed by atoms with van der Waals surface area (Å²) in [5, 5.41) is 1.03. The second kappa shape index (κ2) is 7.64. The molecule has 0 atom stereocenters. The summed E-state index contributed by atoms with van der Waals surface area (Å²) >= 11 is 0. The van der Waals surface area contributed by atoms with E-state index in [2.05, 4.69) is 23.0 Å². The molecule has 28 heavy (non-hydrogen) atoms. The monoisotopic (exact) mass is 371 g/mol. The summed E-state index contributed by atoms with van der Waals surface area (Å²) < 4.78 is 11.4. The van der Waals surface area contributed by atoms with Gasteiger partial charge < -0.3 is 9.47 Å². The van der Waals surface area contributed by atoms with Gasteiger partial charge in [0.25, 0.3) is 0 Å². The molecule has 0 bridgehead atoms. The SMILES string of the molecule is COc1cccc(COc2cc(C)cc3ccc(-c4nccc(C)n4)nc23)c1. The number of benzene rings is 2. The first kappa shape index (κ1) is 17.9. The van der Waals surface area contributed by atoms with E-state index in [1.807, 2.05) is 55.5 Å². The normalized spacial score (nSPS) is 10.8. The van der Waals surface area contributed by atoms with Crippen molar-refractivity contribution in [2.24, 2.45) is 0 Å². The molecular formula is C23H21N3O2. The quantitative estimate of drug-likeness (QED) is 0.500. The van der Waals surface area contributed by atoms with E-state index in [1.54, 1.807) is 13.3 Å². The molecule has 0 N–H and O–H groups in total. The number of methoxy groups -OCH3 is 1. The molecule has 5 heteroatoms. The Bertz CT molecular complexity index is 1140. The Balaban J connectivity index is 1.71. The molecule has 0 aliphatic rings. The average molecular weight is 371 g/mol. The zero-order valence-electron chi connectivity index (χ0n) is 16.1. The molecule has 0 aliphatic heterocycles. The van der Waals surface area contributed by atoms with Gasteiger partial charge in [-0.05, 0) is 61.4 Å². The van der Waals surface area contributed by atoms with Crippen LogP contribution in [0.5, 0.6) is 11.5 Å². The molecule has 0 aliphatic carbocycles. The lowest BCUT2D eigenvalue weighted by atomic mass is 10.1. The van der Waals surface area contributed by atoms with Gasteiger partial charge in [0.05, 0.1) is 7.11 Å². The van der Waals surface area contributed by atoms with E-state index in [0.29, 0.717) is 12.4 Å². The van der Waals surface area contributed by atoms with Crippen LogP contribution in [0, 0.1) is 13.8 Å². The summed E-state index contributed by atoms with van der Waals surface area (Å²) in [6, 6.07) is 17.8. The Kier molecular flexibility index (Phi) is 4.89. The van der Waals surface area contributed by atoms with Crippen LogP contribution in [0.25, 0.3) is 22.4 Å². The molecule has 0 amide bonds. The van der Waals surface area contributed by atoms with Gasteiger partial charge in [-0.1, -0.05) is 18.2 Å². The zero-order chi connectivity index (χ0) is 19.5. The molecule has 140 valence electrons. The van der Waals surface area contributed by atoms with Gasteiger partial charge >= 0.3 is 0 Å². The number of ether oxygens (including phenoxy) is 2. The molecular weight excluding hydrogens is 350 g/mol. The lowest BCUT2D eigenvalue weighted by Crippen LogP contribution is -1.99. The van der Waals surface area contributed by atoms with E-state index in [0.717, 1.165) is 44.9 Å². The Morgan fingerprint density at radius 1 is 0.929 bits per heavy atom. The van der Waals surface area contributed by atoms with Crippen LogP contribution in [0.15, 0.2) is 60.8 Å². The molecule has 0 fully saturated rings. The molecule has 4 aromatic rings. The van der Waals surface area contributed by atoms with E-state index >= 15 is 0 Å². The summed E-state index contributed by atoms with van der Waals surface area (Å²) in [7, 11) is 1.66. The van der Waals surface area contributed by atoms with Crippen molar-refractivity contribution in [3.63, 3.8) is 0 Å². The van der Waals surface area contributed by atoms with Gasteiger partial charge in [-0.15, -0.1) is 0 Å². The van der Waals surface area contributed by atoms with Crippen LogP contribution in [0.2, 0.25) is 0 Å². The number of fused-ring (bicyclic) bond motifs is 1. The van der Waals surface area contributed by atoms with Crippen LogP contribution in [-0.4, -0.2) is 22.1 Å². The fourth-order valence-electron chi connectivity index (χ4n) is 3.08. The van der Waals surface area contributed by atoms with Crippen LogP contribution >= 0.6 is 0 Å². The van der Waals surface area contributed by atoms with E-state index in [9.17, 15) is 0 Å². The molecule has 0 unspecified atom stereocenters. The van der Waals surface area contributed by atoms with E-state index < -0.39 is 0 Å². The van der Waals surface area contributed by atoms with Gasteiger partial charge in [-0.2, -0.15) is 0 Å². The first-order valence-electron chi connectivity index (χ1n) is 9.09. The smallest absolute Gasteiger partial charge is 0.178 e. The van der Waals surface area contributed by atoms with Crippen molar-refractivity contribution in [2.75, 3.05) is 7.11 Å². The van der Waals surface area contributed by atoms with Gasteiger partial charge in [-0.25, -0.2) is 15.0 Å². The van der Waals surface area contributed by atoms with Crippen LogP contribution in [-0.2, 0) is 6.61 Å². The van der Waals surface area contributed by atoms with Crippen molar-refractivity contribution in [1.82, 2.24) is 15.0 Å². The Morgan fingerprint density at radius 2 is 1.82 bits per heavy atom. The van der Waals surface area contributed by atoms with Crippen molar-refractivity contribution in [1.29, 1.82) is 0 Å². The molecule has 0 spiro atoms. The highest BCUT2D eigenvalue weighted by Crippen LogP contribution is 2.29. The number of hydrogen-bond acceptors (Lipinski definition) is 5. The van der Waals surface area contributed by atoms with Crippen molar-refractivity contribution in [2.45, 2.75) is 20.5 Å². The fourth-order valence-corrected chi connectivity index (χ4v) is 3.08. The number of aryl methyl sites for hydroxylation is 2. The lowest BCUT2D eigenvalue weighted by Gasteiger charge is -2.12. The molecule has 2 aromatic carbocycles. The first-order chi connectivity index (χ1) is 13.6. The molecule has 0 saturated heterocycles. The average Bonchev–Trinajstić information content (AvgIpc) is 2.71. The van der Waals surface area contributed by atoms with Gasteiger partial charge in [-0.3, -0.25) is 0 Å². The highest BCUT2D eigenvalue weighted by atomic mass is 16.5. The highest BCUT2D eigenvalue weighted by molar-refractivity contribution is 5.87. The summed E-state index contributed by atoms with van der Waals surface area (Å²) in [6.45, 7) is 4.43. The van der Waals surface area contributed by atoms with E-state index in [4.69, 9.17) is 14.5 Å². The predicted molar refractivity (Wildman–Crippen MR) is 110 cm³/mol. The maximum absolute atomic E-state index is 6.14. The zero-order valence-corrected chi connectivity index (χ0v) is 16.1. The Labute approximate surface area is 164 Å². The number of nitrogens with zero attached hydrogens (tertiary/aromatic N) is 3. The maximum Gasteiger partial charge on any atom is 0.178 e. The summed E-state index contributed by atoms with van der Waals surface area (Å²) in [6.07, 6.45) is 1.75. The van der Waals surface area contributed by atoms with E-state index in [-0.39, 0.29) is 0 Å². The maximum atomic E-state index is 6.14. The summed E-state index contributed by atoms with van der Waals surface area (Å²) in [4.78, 5) is 13.6. The van der Waals surface area contributed by atoms with Crippen molar-refractivity contribution >= 4 is 10.9 Å². The van der Waals surface area contributed by atoms with Gasteiger partial charge in [0, 0.05) is 17.3 Å². The van der Waals surface area contributed by atoms with Crippen LogP contribution in [0.1, 0.15) is 16.8 Å².